The van der Waals surface area contributed by atoms with Crippen molar-refractivity contribution in [3.05, 3.63) is 11.7 Å². The molecule has 102 valence electrons. The molecule has 5 nitrogen and oxygen atoms in total. The van der Waals surface area contributed by atoms with Crippen molar-refractivity contribution in [2.24, 2.45) is 5.92 Å². The van der Waals surface area contributed by atoms with Crippen LogP contribution in [-0.2, 0) is 11.2 Å². The first-order valence-electron chi connectivity index (χ1n) is 6.78. The van der Waals surface area contributed by atoms with Gasteiger partial charge in [-0.2, -0.15) is 4.98 Å². The van der Waals surface area contributed by atoms with Crippen LogP contribution < -0.4 is 5.32 Å². The summed E-state index contributed by atoms with van der Waals surface area (Å²) in [5.41, 5.74) is 0. The highest BCUT2D eigenvalue weighted by molar-refractivity contribution is 5.01. The summed E-state index contributed by atoms with van der Waals surface area (Å²) in [5.74, 6) is 2.38. The predicted octanol–water partition coefficient (Wildman–Crippen LogP) is 1.75. The first-order chi connectivity index (χ1) is 8.70. The zero-order valence-corrected chi connectivity index (χ0v) is 11.5. The highest BCUT2D eigenvalue weighted by Gasteiger charge is 2.30. The summed E-state index contributed by atoms with van der Waals surface area (Å²) >= 11 is 0. The van der Waals surface area contributed by atoms with Gasteiger partial charge >= 0.3 is 0 Å². The van der Waals surface area contributed by atoms with E-state index in [-0.39, 0.29) is 5.92 Å². The second-order valence-corrected chi connectivity index (χ2v) is 5.35. The minimum atomic E-state index is 0.184. The van der Waals surface area contributed by atoms with Crippen molar-refractivity contribution in [3.63, 3.8) is 0 Å². The monoisotopic (exact) mass is 253 g/mol. The molecule has 1 aliphatic rings. The third-order valence-corrected chi connectivity index (χ3v) is 3.47. The van der Waals surface area contributed by atoms with Crippen LogP contribution >= 0.6 is 0 Å². The number of ether oxygens (including phenoxy) is 1. The van der Waals surface area contributed by atoms with Crippen LogP contribution in [0.5, 0.6) is 0 Å². The molecule has 2 unspecified atom stereocenters. The number of aryl methyl sites for hydroxylation is 1. The molecule has 2 atom stereocenters. The third kappa shape index (κ3) is 3.29. The summed E-state index contributed by atoms with van der Waals surface area (Å²) in [6.07, 6.45) is 2.97. The molecule has 0 bridgehead atoms. The van der Waals surface area contributed by atoms with E-state index in [1.807, 2.05) is 7.05 Å². The Labute approximate surface area is 108 Å². The molecule has 18 heavy (non-hydrogen) atoms. The molecule has 0 aromatic carbocycles. The molecule has 2 heterocycles. The van der Waals surface area contributed by atoms with Crippen LogP contribution in [0.1, 0.15) is 44.3 Å². The van der Waals surface area contributed by atoms with Crippen molar-refractivity contribution >= 4 is 0 Å². The molecule has 0 amide bonds. The van der Waals surface area contributed by atoms with Gasteiger partial charge in [-0.1, -0.05) is 19.0 Å². The van der Waals surface area contributed by atoms with Gasteiger partial charge in [-0.15, -0.1) is 0 Å². The molecular formula is C13H23N3O2. The third-order valence-electron chi connectivity index (χ3n) is 3.47. The van der Waals surface area contributed by atoms with Crippen LogP contribution in [-0.4, -0.2) is 36.4 Å². The maximum atomic E-state index is 5.51. The molecule has 0 saturated carbocycles. The number of rotatable bonds is 5. The average Bonchev–Trinajstić information content (AvgIpc) is 2.85. The largest absolute Gasteiger partial charge is 0.381 e. The second kappa shape index (κ2) is 6.29. The number of nitrogens with zero attached hydrogens (tertiary/aromatic N) is 2. The van der Waals surface area contributed by atoms with Gasteiger partial charge in [-0.3, -0.25) is 0 Å². The molecule has 0 spiro atoms. The van der Waals surface area contributed by atoms with Gasteiger partial charge in [0.05, 0.1) is 12.5 Å². The van der Waals surface area contributed by atoms with E-state index >= 15 is 0 Å². The topological polar surface area (TPSA) is 60.2 Å². The quantitative estimate of drug-likeness (QED) is 0.866. The molecule has 2 rings (SSSR count). The lowest BCUT2D eigenvalue weighted by Gasteiger charge is -2.28. The highest BCUT2D eigenvalue weighted by Crippen LogP contribution is 2.24. The van der Waals surface area contributed by atoms with E-state index in [1.54, 1.807) is 0 Å². The van der Waals surface area contributed by atoms with Crippen LogP contribution in [0.25, 0.3) is 0 Å². The molecule has 0 aliphatic carbocycles. The van der Waals surface area contributed by atoms with Gasteiger partial charge in [0, 0.05) is 19.1 Å². The summed E-state index contributed by atoms with van der Waals surface area (Å²) in [6, 6.07) is 0.372. The lowest BCUT2D eigenvalue weighted by Crippen LogP contribution is -2.39. The molecular weight excluding hydrogens is 230 g/mol. The molecule has 1 aromatic rings. The van der Waals surface area contributed by atoms with Crippen LogP contribution in [0.3, 0.4) is 0 Å². The minimum absolute atomic E-state index is 0.184. The molecule has 1 N–H and O–H groups in total. The zero-order valence-electron chi connectivity index (χ0n) is 11.5. The number of aromatic nitrogens is 2. The average molecular weight is 253 g/mol. The molecule has 1 saturated heterocycles. The fraction of sp³-hybridized carbons (Fsp3) is 0.846. The van der Waals surface area contributed by atoms with Crippen molar-refractivity contribution in [2.45, 2.75) is 45.1 Å². The Morgan fingerprint density at radius 2 is 2.28 bits per heavy atom. The van der Waals surface area contributed by atoms with Gasteiger partial charge < -0.3 is 14.6 Å². The zero-order chi connectivity index (χ0) is 13.0. The highest BCUT2D eigenvalue weighted by atomic mass is 16.5. The van der Waals surface area contributed by atoms with Gasteiger partial charge in [-0.25, -0.2) is 0 Å². The van der Waals surface area contributed by atoms with E-state index in [0.29, 0.717) is 24.5 Å². The summed E-state index contributed by atoms with van der Waals surface area (Å²) < 4.78 is 10.9. The fourth-order valence-electron chi connectivity index (χ4n) is 2.26. The molecule has 0 radical (unpaired) electrons. The van der Waals surface area contributed by atoms with Crippen LogP contribution in [0.4, 0.5) is 0 Å². The molecule has 1 aliphatic heterocycles. The molecule has 5 heteroatoms. The van der Waals surface area contributed by atoms with Crippen molar-refractivity contribution in [2.75, 3.05) is 20.3 Å². The second-order valence-electron chi connectivity index (χ2n) is 5.35. The van der Waals surface area contributed by atoms with E-state index in [1.165, 1.54) is 0 Å². The Balaban J connectivity index is 1.99. The van der Waals surface area contributed by atoms with Crippen LogP contribution in [0, 0.1) is 5.92 Å². The summed E-state index contributed by atoms with van der Waals surface area (Å²) in [6.45, 7) is 5.87. The summed E-state index contributed by atoms with van der Waals surface area (Å²) in [5, 5.41) is 7.37. The van der Waals surface area contributed by atoms with Gasteiger partial charge in [0.1, 0.15) is 0 Å². The van der Waals surface area contributed by atoms with E-state index in [4.69, 9.17) is 9.26 Å². The van der Waals surface area contributed by atoms with E-state index < -0.39 is 0 Å². The van der Waals surface area contributed by atoms with Gasteiger partial charge in [-0.05, 0) is 25.8 Å². The van der Waals surface area contributed by atoms with Gasteiger partial charge in [0.25, 0.3) is 0 Å². The smallest absolute Gasteiger partial charge is 0.233 e. The Morgan fingerprint density at radius 3 is 3.00 bits per heavy atom. The number of likely N-dealkylation sites (N-methyl/N-ethyl adjacent to an activating group) is 1. The first kappa shape index (κ1) is 13.5. The van der Waals surface area contributed by atoms with E-state index in [9.17, 15) is 0 Å². The van der Waals surface area contributed by atoms with E-state index in [0.717, 1.165) is 31.7 Å². The number of hydrogen-bond donors (Lipinski definition) is 1. The summed E-state index contributed by atoms with van der Waals surface area (Å²) in [7, 11) is 1.97. The SMILES string of the molecule is CNC1CCOCC1c1nc(CCC(C)C)no1. The molecule has 1 fully saturated rings. The van der Waals surface area contributed by atoms with Gasteiger partial charge in [0.15, 0.2) is 5.82 Å². The number of hydrogen-bond acceptors (Lipinski definition) is 5. The standard InChI is InChI=1S/C13H23N3O2/c1-9(2)4-5-12-15-13(18-16-12)10-8-17-7-6-11(10)14-3/h9-11,14H,4-8H2,1-3H3. The van der Waals surface area contributed by atoms with Gasteiger partial charge in [0.2, 0.25) is 5.89 Å². The van der Waals surface area contributed by atoms with Crippen molar-refractivity contribution < 1.29 is 9.26 Å². The van der Waals surface area contributed by atoms with Crippen LogP contribution in [0.2, 0.25) is 0 Å². The number of nitrogens with one attached hydrogen (secondary N) is 1. The van der Waals surface area contributed by atoms with Crippen molar-refractivity contribution in [1.29, 1.82) is 0 Å². The maximum absolute atomic E-state index is 5.51. The van der Waals surface area contributed by atoms with Crippen molar-refractivity contribution in [1.82, 2.24) is 15.5 Å². The summed E-state index contributed by atoms with van der Waals surface area (Å²) in [4.78, 5) is 4.51. The Morgan fingerprint density at radius 1 is 1.44 bits per heavy atom. The van der Waals surface area contributed by atoms with Crippen LogP contribution in [0.15, 0.2) is 4.52 Å². The normalized spacial score (nSPS) is 24.7. The Hall–Kier alpha value is -0.940. The predicted molar refractivity (Wildman–Crippen MR) is 68.5 cm³/mol. The lowest BCUT2D eigenvalue weighted by atomic mass is 9.96. The molecule has 1 aromatic heterocycles. The van der Waals surface area contributed by atoms with E-state index in [2.05, 4.69) is 29.3 Å². The fourth-order valence-corrected chi connectivity index (χ4v) is 2.26. The Kier molecular flexibility index (Phi) is 4.72. The Bertz CT molecular complexity index is 365. The van der Waals surface area contributed by atoms with Crippen molar-refractivity contribution in [3.8, 4) is 0 Å². The lowest BCUT2D eigenvalue weighted by molar-refractivity contribution is 0.0516. The first-order valence-corrected chi connectivity index (χ1v) is 6.78. The minimum Gasteiger partial charge on any atom is -0.381 e. The maximum Gasteiger partial charge on any atom is 0.233 e.